The molecule has 0 spiro atoms. The van der Waals surface area contributed by atoms with Gasteiger partial charge in [-0.05, 0) is 37.1 Å². The number of nitrogens with zero attached hydrogens (tertiary/aromatic N) is 3. The molecule has 0 bridgehead atoms. The largest absolute Gasteiger partial charge is 0.473 e. The molecule has 27 heavy (non-hydrogen) atoms. The van der Waals surface area contributed by atoms with Crippen molar-refractivity contribution in [2.75, 3.05) is 25.5 Å². The van der Waals surface area contributed by atoms with Gasteiger partial charge in [0.25, 0.3) is 0 Å². The van der Waals surface area contributed by atoms with Gasteiger partial charge in [0.1, 0.15) is 12.4 Å². The Morgan fingerprint density at radius 3 is 2.70 bits per heavy atom. The summed E-state index contributed by atoms with van der Waals surface area (Å²) in [6.45, 7) is 0.669. The fourth-order valence-corrected chi connectivity index (χ4v) is 4.28. The van der Waals surface area contributed by atoms with Crippen LogP contribution in [0.5, 0.6) is 5.88 Å². The predicted molar refractivity (Wildman–Crippen MR) is 96.9 cm³/mol. The fraction of sp³-hybridized carbons (Fsp3) is 0.353. The minimum Gasteiger partial charge on any atom is -0.473 e. The minimum atomic E-state index is -3.66. The zero-order valence-electron chi connectivity index (χ0n) is 14.7. The van der Waals surface area contributed by atoms with Crippen molar-refractivity contribution in [2.24, 2.45) is 0 Å². The molecule has 0 saturated carbocycles. The number of rotatable bonds is 5. The molecule has 1 amide bonds. The third-order valence-corrected chi connectivity index (χ3v) is 5.99. The SMILES string of the molecule is COC(=O)Nc1ccc(S(=O)(=O)N2CCCC(Oc3ccncn3)C2)cc1. The van der Waals surface area contributed by atoms with Gasteiger partial charge in [0.15, 0.2) is 0 Å². The number of anilines is 1. The van der Waals surface area contributed by atoms with Crippen LogP contribution in [0.25, 0.3) is 0 Å². The molecule has 1 N–H and O–H groups in total. The number of methoxy groups -OCH3 is 1. The second-order valence-corrected chi connectivity index (χ2v) is 7.87. The maximum Gasteiger partial charge on any atom is 0.411 e. The lowest BCUT2D eigenvalue weighted by atomic mass is 10.1. The molecular weight excluding hydrogens is 372 g/mol. The summed E-state index contributed by atoms with van der Waals surface area (Å²) in [5, 5.41) is 2.48. The number of carbonyl (C=O) groups is 1. The number of sulfonamides is 1. The third kappa shape index (κ3) is 4.72. The van der Waals surface area contributed by atoms with E-state index in [0.717, 1.165) is 6.42 Å². The summed E-state index contributed by atoms with van der Waals surface area (Å²) in [6, 6.07) is 7.58. The van der Waals surface area contributed by atoms with E-state index in [-0.39, 0.29) is 17.5 Å². The highest BCUT2D eigenvalue weighted by Gasteiger charge is 2.31. The number of hydrogen-bond donors (Lipinski definition) is 1. The predicted octanol–water partition coefficient (Wildman–Crippen LogP) is 1.89. The van der Waals surface area contributed by atoms with Gasteiger partial charge in [0.2, 0.25) is 15.9 Å². The molecule has 1 aliphatic heterocycles. The Hall–Kier alpha value is -2.72. The molecule has 3 rings (SSSR count). The van der Waals surface area contributed by atoms with Crippen molar-refractivity contribution < 1.29 is 22.7 Å². The maximum atomic E-state index is 12.9. The first kappa shape index (κ1) is 19.1. The molecule has 1 fully saturated rings. The molecule has 2 aromatic rings. The number of aromatic nitrogens is 2. The summed E-state index contributed by atoms with van der Waals surface area (Å²) in [5.41, 5.74) is 0.449. The molecule has 1 aromatic carbocycles. The zero-order valence-corrected chi connectivity index (χ0v) is 15.6. The van der Waals surface area contributed by atoms with Gasteiger partial charge in [0, 0.05) is 24.5 Å². The third-order valence-electron chi connectivity index (χ3n) is 4.11. The summed E-state index contributed by atoms with van der Waals surface area (Å²) < 4.78 is 37.5. The second-order valence-electron chi connectivity index (χ2n) is 5.93. The van der Waals surface area contributed by atoms with E-state index in [9.17, 15) is 13.2 Å². The zero-order chi connectivity index (χ0) is 19.3. The monoisotopic (exact) mass is 392 g/mol. The molecule has 144 valence electrons. The minimum absolute atomic E-state index is 0.153. The lowest BCUT2D eigenvalue weighted by Crippen LogP contribution is -2.44. The Morgan fingerprint density at radius 2 is 2.04 bits per heavy atom. The van der Waals surface area contributed by atoms with Crippen LogP contribution in [0.15, 0.2) is 47.8 Å². The van der Waals surface area contributed by atoms with Gasteiger partial charge in [-0.15, -0.1) is 0 Å². The summed E-state index contributed by atoms with van der Waals surface area (Å²) in [5.74, 6) is 0.424. The van der Waals surface area contributed by atoms with Crippen LogP contribution < -0.4 is 10.1 Å². The Balaban J connectivity index is 1.69. The van der Waals surface area contributed by atoms with Crippen molar-refractivity contribution in [3.8, 4) is 5.88 Å². The highest BCUT2D eigenvalue weighted by molar-refractivity contribution is 7.89. The van der Waals surface area contributed by atoms with Crippen LogP contribution in [0.4, 0.5) is 10.5 Å². The highest BCUT2D eigenvalue weighted by Crippen LogP contribution is 2.24. The van der Waals surface area contributed by atoms with Gasteiger partial charge in [-0.2, -0.15) is 4.31 Å². The number of benzene rings is 1. The van der Waals surface area contributed by atoms with Crippen molar-refractivity contribution in [1.29, 1.82) is 0 Å². The Morgan fingerprint density at radius 1 is 1.26 bits per heavy atom. The topological polar surface area (TPSA) is 111 Å². The molecule has 1 atom stereocenters. The van der Waals surface area contributed by atoms with E-state index in [1.807, 2.05) is 0 Å². The van der Waals surface area contributed by atoms with Gasteiger partial charge < -0.3 is 9.47 Å². The van der Waals surface area contributed by atoms with Crippen molar-refractivity contribution in [3.05, 3.63) is 42.9 Å². The van der Waals surface area contributed by atoms with Crippen LogP contribution in [-0.4, -0.2) is 55.1 Å². The smallest absolute Gasteiger partial charge is 0.411 e. The van der Waals surface area contributed by atoms with Gasteiger partial charge in [-0.25, -0.2) is 23.2 Å². The Bertz CT molecular complexity index is 874. The molecule has 10 heteroatoms. The summed E-state index contributed by atoms with van der Waals surface area (Å²) in [6.07, 6.45) is 3.50. The molecule has 1 aromatic heterocycles. The number of piperidine rings is 1. The number of nitrogens with one attached hydrogen (secondary N) is 1. The fourth-order valence-electron chi connectivity index (χ4n) is 2.77. The highest BCUT2D eigenvalue weighted by atomic mass is 32.2. The summed E-state index contributed by atoms with van der Waals surface area (Å²) >= 11 is 0. The van der Waals surface area contributed by atoms with E-state index < -0.39 is 16.1 Å². The Kier molecular flexibility index (Phi) is 5.87. The van der Waals surface area contributed by atoms with Crippen LogP contribution in [0.2, 0.25) is 0 Å². The number of hydrogen-bond acceptors (Lipinski definition) is 7. The number of amides is 1. The van der Waals surface area contributed by atoms with Gasteiger partial charge in [0.05, 0.1) is 18.6 Å². The maximum absolute atomic E-state index is 12.9. The first-order valence-corrected chi connectivity index (χ1v) is 9.81. The molecule has 1 aliphatic rings. The van der Waals surface area contributed by atoms with Crippen LogP contribution in [0, 0.1) is 0 Å². The summed E-state index contributed by atoms with van der Waals surface area (Å²) in [4.78, 5) is 19.2. The Labute approximate surface area is 157 Å². The molecular formula is C17H20N4O5S. The van der Waals surface area contributed by atoms with Gasteiger partial charge in [-0.1, -0.05) is 0 Å². The molecule has 1 unspecified atom stereocenters. The van der Waals surface area contributed by atoms with E-state index in [1.54, 1.807) is 12.3 Å². The standard InChI is InChI=1S/C17H20N4O5S/c1-25-17(22)20-13-4-6-15(7-5-13)27(23,24)21-10-2-3-14(11-21)26-16-8-9-18-12-19-16/h4-9,12,14H,2-3,10-11H2,1H3,(H,20,22). The van der Waals surface area contributed by atoms with E-state index in [0.29, 0.717) is 24.5 Å². The van der Waals surface area contributed by atoms with Crippen molar-refractivity contribution >= 4 is 21.8 Å². The average molecular weight is 392 g/mol. The molecule has 0 radical (unpaired) electrons. The van der Waals surface area contributed by atoms with E-state index in [1.165, 1.54) is 42.0 Å². The van der Waals surface area contributed by atoms with Crippen LogP contribution in [0.1, 0.15) is 12.8 Å². The van der Waals surface area contributed by atoms with Crippen molar-refractivity contribution in [3.63, 3.8) is 0 Å². The summed E-state index contributed by atoms with van der Waals surface area (Å²) in [7, 11) is -2.41. The van der Waals surface area contributed by atoms with E-state index in [4.69, 9.17) is 4.74 Å². The van der Waals surface area contributed by atoms with Crippen LogP contribution in [0.3, 0.4) is 0 Å². The number of carbonyl (C=O) groups excluding carboxylic acids is 1. The van der Waals surface area contributed by atoms with Crippen LogP contribution in [-0.2, 0) is 14.8 Å². The first-order valence-electron chi connectivity index (χ1n) is 8.37. The van der Waals surface area contributed by atoms with Crippen molar-refractivity contribution in [1.82, 2.24) is 14.3 Å². The van der Waals surface area contributed by atoms with Gasteiger partial charge in [-0.3, -0.25) is 5.32 Å². The molecule has 9 nitrogen and oxygen atoms in total. The van der Waals surface area contributed by atoms with E-state index >= 15 is 0 Å². The normalized spacial score (nSPS) is 17.9. The van der Waals surface area contributed by atoms with Crippen LogP contribution >= 0.6 is 0 Å². The first-order chi connectivity index (χ1) is 13.0. The van der Waals surface area contributed by atoms with Crippen molar-refractivity contribution in [2.45, 2.75) is 23.8 Å². The average Bonchev–Trinajstić information content (AvgIpc) is 2.69. The van der Waals surface area contributed by atoms with Gasteiger partial charge >= 0.3 is 6.09 Å². The second kappa shape index (κ2) is 8.31. The number of ether oxygens (including phenoxy) is 2. The molecule has 1 saturated heterocycles. The van der Waals surface area contributed by atoms with E-state index in [2.05, 4.69) is 20.0 Å². The molecule has 2 heterocycles. The lowest BCUT2D eigenvalue weighted by molar-refractivity contribution is 0.124. The quantitative estimate of drug-likeness (QED) is 0.827. The lowest BCUT2D eigenvalue weighted by Gasteiger charge is -2.31. The molecule has 0 aliphatic carbocycles.